The van der Waals surface area contributed by atoms with Gasteiger partial charge in [-0.15, -0.1) is 0 Å². The van der Waals surface area contributed by atoms with Gasteiger partial charge in [0.15, 0.2) is 0 Å². The summed E-state index contributed by atoms with van der Waals surface area (Å²) < 4.78 is 0. The number of aromatic nitrogens is 1. The zero-order valence-electron chi connectivity index (χ0n) is 10.0. The Morgan fingerprint density at radius 3 is 2.61 bits per heavy atom. The van der Waals surface area contributed by atoms with Crippen molar-refractivity contribution in [1.82, 2.24) is 4.98 Å². The fraction of sp³-hybridized carbons (Fsp3) is 0.0625. The highest BCUT2D eigenvalue weighted by Crippen LogP contribution is 2.25. The molecular weight excluding hydrogens is 220 g/mol. The van der Waals surface area contributed by atoms with Gasteiger partial charge in [-0.2, -0.15) is 0 Å². The van der Waals surface area contributed by atoms with E-state index in [1.165, 1.54) is 5.56 Å². The molecular formula is C16H14N2. The molecule has 0 fully saturated rings. The molecule has 3 aromatic rings. The number of fused-ring (bicyclic) bond motifs is 1. The predicted octanol–water partition coefficient (Wildman–Crippen LogP) is 3.36. The van der Waals surface area contributed by atoms with Gasteiger partial charge in [0.05, 0.1) is 5.52 Å². The highest BCUT2D eigenvalue weighted by atomic mass is 14.6. The van der Waals surface area contributed by atoms with E-state index in [4.69, 9.17) is 5.73 Å². The average Bonchev–Trinajstić information content (AvgIpc) is 2.46. The molecule has 0 bridgehead atoms. The number of pyridine rings is 1. The Labute approximate surface area is 106 Å². The third-order valence-electron chi connectivity index (χ3n) is 3.14. The Morgan fingerprint density at radius 2 is 1.72 bits per heavy atom. The number of hydrogen-bond donors (Lipinski definition) is 1. The maximum absolute atomic E-state index is 5.78. The third-order valence-corrected chi connectivity index (χ3v) is 3.14. The maximum Gasteiger partial charge on any atom is 0.0702 e. The Kier molecular flexibility index (Phi) is 2.79. The van der Waals surface area contributed by atoms with Gasteiger partial charge in [-0.25, -0.2) is 0 Å². The fourth-order valence-corrected chi connectivity index (χ4v) is 2.20. The van der Waals surface area contributed by atoms with E-state index in [0.717, 1.165) is 22.0 Å². The number of benzene rings is 2. The summed E-state index contributed by atoms with van der Waals surface area (Å²) in [5.74, 6) is 0. The summed E-state index contributed by atoms with van der Waals surface area (Å²) in [6.45, 7) is 0.545. The van der Waals surface area contributed by atoms with Crippen molar-refractivity contribution >= 4 is 10.9 Å². The van der Waals surface area contributed by atoms with Crippen LogP contribution in [0.3, 0.4) is 0 Å². The van der Waals surface area contributed by atoms with Crippen molar-refractivity contribution in [2.75, 3.05) is 0 Å². The van der Waals surface area contributed by atoms with Gasteiger partial charge in [-0.1, -0.05) is 42.5 Å². The first-order valence-corrected chi connectivity index (χ1v) is 6.01. The molecule has 0 amide bonds. The Bertz CT molecular complexity index is 689. The lowest BCUT2D eigenvalue weighted by molar-refractivity contribution is 1.07. The Hall–Kier alpha value is -2.19. The van der Waals surface area contributed by atoms with Crippen LogP contribution in [0.2, 0.25) is 0 Å². The van der Waals surface area contributed by atoms with Crippen LogP contribution in [-0.4, -0.2) is 4.98 Å². The van der Waals surface area contributed by atoms with Crippen molar-refractivity contribution in [3.05, 3.63) is 66.4 Å². The number of nitrogens with two attached hydrogens (primary N) is 1. The molecule has 0 radical (unpaired) electrons. The van der Waals surface area contributed by atoms with Crippen molar-refractivity contribution < 1.29 is 0 Å². The SMILES string of the molecule is NCc1ccccc1-c1cnc2ccccc2c1. The van der Waals surface area contributed by atoms with Gasteiger partial charge in [0.25, 0.3) is 0 Å². The van der Waals surface area contributed by atoms with E-state index in [1.807, 2.05) is 36.5 Å². The summed E-state index contributed by atoms with van der Waals surface area (Å²) in [6.07, 6.45) is 1.91. The minimum Gasteiger partial charge on any atom is -0.326 e. The number of para-hydroxylation sites is 1. The highest BCUT2D eigenvalue weighted by molar-refractivity contribution is 5.84. The Balaban J connectivity index is 2.19. The first-order valence-electron chi connectivity index (χ1n) is 6.01. The monoisotopic (exact) mass is 234 g/mol. The second kappa shape index (κ2) is 4.59. The highest BCUT2D eigenvalue weighted by Gasteiger charge is 2.04. The van der Waals surface area contributed by atoms with Crippen molar-refractivity contribution in [3.8, 4) is 11.1 Å². The normalized spacial score (nSPS) is 10.7. The van der Waals surface area contributed by atoms with Crippen LogP contribution in [0.25, 0.3) is 22.0 Å². The van der Waals surface area contributed by atoms with Gasteiger partial charge < -0.3 is 5.73 Å². The van der Waals surface area contributed by atoms with Gasteiger partial charge in [0.1, 0.15) is 0 Å². The summed E-state index contributed by atoms with van der Waals surface area (Å²) in [4.78, 5) is 4.49. The van der Waals surface area contributed by atoms with Gasteiger partial charge in [0.2, 0.25) is 0 Å². The molecule has 2 nitrogen and oxygen atoms in total. The van der Waals surface area contributed by atoms with Gasteiger partial charge in [0, 0.05) is 23.7 Å². The molecule has 0 atom stereocenters. The van der Waals surface area contributed by atoms with Crippen molar-refractivity contribution in [2.45, 2.75) is 6.54 Å². The molecule has 0 aliphatic heterocycles. The fourth-order valence-electron chi connectivity index (χ4n) is 2.20. The van der Waals surface area contributed by atoms with Crippen LogP contribution in [0.4, 0.5) is 0 Å². The standard InChI is InChI=1S/C16H14N2/c17-10-13-6-1-3-7-15(13)14-9-12-5-2-4-8-16(12)18-11-14/h1-9,11H,10,17H2. The molecule has 1 heterocycles. The summed E-state index contributed by atoms with van der Waals surface area (Å²) in [7, 11) is 0. The molecule has 18 heavy (non-hydrogen) atoms. The first kappa shape index (κ1) is 10.9. The molecule has 1 aromatic heterocycles. The lowest BCUT2D eigenvalue weighted by Gasteiger charge is -2.08. The molecule has 88 valence electrons. The summed E-state index contributed by atoms with van der Waals surface area (Å²) in [6, 6.07) is 18.5. The molecule has 2 heteroatoms. The summed E-state index contributed by atoms with van der Waals surface area (Å²) in [5.41, 5.74) is 10.2. The summed E-state index contributed by atoms with van der Waals surface area (Å²) >= 11 is 0. The largest absolute Gasteiger partial charge is 0.326 e. The predicted molar refractivity (Wildman–Crippen MR) is 75.1 cm³/mol. The lowest BCUT2D eigenvalue weighted by atomic mass is 10.00. The quantitative estimate of drug-likeness (QED) is 0.738. The molecule has 0 aliphatic carbocycles. The van der Waals surface area contributed by atoms with E-state index < -0.39 is 0 Å². The maximum atomic E-state index is 5.78. The smallest absolute Gasteiger partial charge is 0.0702 e. The topological polar surface area (TPSA) is 38.9 Å². The molecule has 0 saturated heterocycles. The van der Waals surface area contributed by atoms with Crippen LogP contribution in [0, 0.1) is 0 Å². The van der Waals surface area contributed by atoms with E-state index in [9.17, 15) is 0 Å². The van der Waals surface area contributed by atoms with Crippen molar-refractivity contribution in [3.63, 3.8) is 0 Å². The zero-order valence-corrected chi connectivity index (χ0v) is 10.0. The lowest BCUT2D eigenvalue weighted by Crippen LogP contribution is -1.98. The minimum absolute atomic E-state index is 0.545. The minimum atomic E-state index is 0.545. The van der Waals surface area contributed by atoms with E-state index in [2.05, 4.69) is 29.2 Å². The van der Waals surface area contributed by atoms with Crippen LogP contribution in [0.1, 0.15) is 5.56 Å². The van der Waals surface area contributed by atoms with E-state index in [1.54, 1.807) is 0 Å². The van der Waals surface area contributed by atoms with Crippen LogP contribution in [0.15, 0.2) is 60.8 Å². The molecule has 0 unspecified atom stereocenters. The third kappa shape index (κ3) is 1.87. The van der Waals surface area contributed by atoms with Crippen LogP contribution in [0.5, 0.6) is 0 Å². The molecule has 2 aromatic carbocycles. The first-order chi connectivity index (χ1) is 8.88. The Morgan fingerprint density at radius 1 is 0.944 bits per heavy atom. The van der Waals surface area contributed by atoms with Crippen LogP contribution >= 0.6 is 0 Å². The van der Waals surface area contributed by atoms with Crippen LogP contribution < -0.4 is 5.73 Å². The van der Waals surface area contributed by atoms with Crippen LogP contribution in [-0.2, 0) is 6.54 Å². The zero-order chi connectivity index (χ0) is 12.4. The molecule has 0 aliphatic rings. The van der Waals surface area contributed by atoms with Gasteiger partial charge >= 0.3 is 0 Å². The van der Waals surface area contributed by atoms with Gasteiger partial charge in [-0.3, -0.25) is 4.98 Å². The number of nitrogens with zero attached hydrogens (tertiary/aromatic N) is 1. The van der Waals surface area contributed by atoms with E-state index >= 15 is 0 Å². The second-order valence-electron chi connectivity index (χ2n) is 4.28. The molecule has 0 spiro atoms. The molecule has 0 saturated carbocycles. The number of rotatable bonds is 2. The second-order valence-corrected chi connectivity index (χ2v) is 4.28. The van der Waals surface area contributed by atoms with E-state index in [-0.39, 0.29) is 0 Å². The van der Waals surface area contributed by atoms with Gasteiger partial charge in [-0.05, 0) is 23.3 Å². The van der Waals surface area contributed by atoms with E-state index in [0.29, 0.717) is 6.54 Å². The van der Waals surface area contributed by atoms with Crippen molar-refractivity contribution in [2.24, 2.45) is 5.73 Å². The number of hydrogen-bond acceptors (Lipinski definition) is 2. The molecule has 3 rings (SSSR count). The average molecular weight is 234 g/mol. The summed E-state index contributed by atoms with van der Waals surface area (Å²) in [5, 5.41) is 1.15. The molecule has 2 N–H and O–H groups in total. The van der Waals surface area contributed by atoms with Crippen molar-refractivity contribution in [1.29, 1.82) is 0 Å².